The number of urea groups is 1. The van der Waals surface area contributed by atoms with Gasteiger partial charge in [-0.1, -0.05) is 6.07 Å². The number of likely N-dealkylation sites (N-methyl/N-ethyl adjacent to an activating group) is 1. The number of carbonyl (C=O) groups excluding carboxylic acids is 1. The number of amides is 2. The standard InChI is InChI=1S/C14H21N5O2/c1-4-18(10-14(2,3)21)13(20)15-9-12-17-16-11-7-5-6-8-19(11)12/h5-8,21H,4,9-10H2,1-3H3,(H,15,20). The van der Waals surface area contributed by atoms with E-state index >= 15 is 0 Å². The Bertz CT molecular complexity index is 617. The average Bonchev–Trinajstić information content (AvgIpc) is 2.84. The number of carbonyl (C=O) groups is 1. The summed E-state index contributed by atoms with van der Waals surface area (Å²) in [6.07, 6.45) is 1.85. The summed E-state index contributed by atoms with van der Waals surface area (Å²) in [6, 6.07) is 5.39. The van der Waals surface area contributed by atoms with E-state index in [1.165, 1.54) is 0 Å². The molecule has 2 N–H and O–H groups in total. The number of aliphatic hydroxyl groups is 1. The lowest BCUT2D eigenvalue weighted by Crippen LogP contribution is -2.46. The van der Waals surface area contributed by atoms with Crippen molar-refractivity contribution in [1.82, 2.24) is 24.8 Å². The number of nitrogens with one attached hydrogen (secondary N) is 1. The summed E-state index contributed by atoms with van der Waals surface area (Å²) < 4.78 is 1.83. The predicted molar refractivity (Wildman–Crippen MR) is 78.8 cm³/mol. The van der Waals surface area contributed by atoms with Crippen molar-refractivity contribution in [3.05, 3.63) is 30.2 Å². The van der Waals surface area contributed by atoms with Crippen molar-refractivity contribution in [1.29, 1.82) is 0 Å². The smallest absolute Gasteiger partial charge is 0.317 e. The summed E-state index contributed by atoms with van der Waals surface area (Å²) in [4.78, 5) is 13.7. The maximum Gasteiger partial charge on any atom is 0.317 e. The highest BCUT2D eigenvalue weighted by atomic mass is 16.3. The van der Waals surface area contributed by atoms with Gasteiger partial charge in [-0.15, -0.1) is 10.2 Å². The molecule has 2 amide bonds. The molecule has 0 fully saturated rings. The zero-order chi connectivity index (χ0) is 15.5. The van der Waals surface area contributed by atoms with Gasteiger partial charge in [-0.3, -0.25) is 4.40 Å². The molecule has 0 radical (unpaired) electrons. The zero-order valence-electron chi connectivity index (χ0n) is 12.6. The Kier molecular flexibility index (Phi) is 4.42. The van der Waals surface area contributed by atoms with E-state index in [0.29, 0.717) is 12.4 Å². The number of fused-ring (bicyclic) bond motifs is 1. The monoisotopic (exact) mass is 291 g/mol. The van der Waals surface area contributed by atoms with Crippen molar-refractivity contribution in [2.24, 2.45) is 0 Å². The number of hydrogen-bond donors (Lipinski definition) is 2. The molecule has 0 saturated heterocycles. The van der Waals surface area contributed by atoms with Gasteiger partial charge in [0.15, 0.2) is 11.5 Å². The molecule has 7 heteroatoms. The van der Waals surface area contributed by atoms with Crippen molar-refractivity contribution >= 4 is 11.7 Å². The van der Waals surface area contributed by atoms with Crippen LogP contribution < -0.4 is 5.32 Å². The number of rotatable bonds is 5. The molecule has 0 aliphatic carbocycles. The molecule has 114 valence electrons. The first-order valence-corrected chi connectivity index (χ1v) is 6.94. The summed E-state index contributed by atoms with van der Waals surface area (Å²) in [5.74, 6) is 0.665. The van der Waals surface area contributed by atoms with Crippen LogP contribution in [-0.4, -0.2) is 49.3 Å². The van der Waals surface area contributed by atoms with Crippen LogP contribution in [0.3, 0.4) is 0 Å². The Balaban J connectivity index is 2.00. The Morgan fingerprint density at radius 3 is 2.86 bits per heavy atom. The number of pyridine rings is 1. The van der Waals surface area contributed by atoms with Gasteiger partial charge in [0.1, 0.15) is 0 Å². The minimum Gasteiger partial charge on any atom is -0.389 e. The molecule has 0 saturated carbocycles. The third kappa shape index (κ3) is 3.91. The van der Waals surface area contributed by atoms with Crippen LogP contribution in [0.15, 0.2) is 24.4 Å². The SMILES string of the molecule is CCN(CC(C)(C)O)C(=O)NCc1nnc2ccccn12. The second-order valence-corrected chi connectivity index (χ2v) is 5.53. The Morgan fingerprint density at radius 1 is 1.43 bits per heavy atom. The number of hydrogen-bond acceptors (Lipinski definition) is 4. The summed E-state index contributed by atoms with van der Waals surface area (Å²) in [6.45, 7) is 6.31. The summed E-state index contributed by atoms with van der Waals surface area (Å²) in [5.41, 5.74) is -0.180. The number of nitrogens with zero attached hydrogens (tertiary/aromatic N) is 4. The molecule has 7 nitrogen and oxygen atoms in total. The highest BCUT2D eigenvalue weighted by Gasteiger charge is 2.21. The molecule has 21 heavy (non-hydrogen) atoms. The molecule has 0 aliphatic heterocycles. The highest BCUT2D eigenvalue weighted by Crippen LogP contribution is 2.06. The van der Waals surface area contributed by atoms with Gasteiger partial charge >= 0.3 is 6.03 Å². The first-order valence-electron chi connectivity index (χ1n) is 6.94. The first kappa shape index (κ1) is 15.2. The fraction of sp³-hybridized carbons (Fsp3) is 0.500. The third-order valence-corrected chi connectivity index (χ3v) is 3.03. The van der Waals surface area contributed by atoms with Crippen molar-refractivity contribution in [2.75, 3.05) is 13.1 Å². The molecule has 0 bridgehead atoms. The lowest BCUT2D eigenvalue weighted by atomic mass is 10.1. The van der Waals surface area contributed by atoms with Gasteiger partial charge in [-0.05, 0) is 32.9 Å². The normalized spacial score (nSPS) is 11.6. The molecule has 2 heterocycles. The Morgan fingerprint density at radius 2 is 2.19 bits per heavy atom. The van der Waals surface area contributed by atoms with Crippen LogP contribution in [0.2, 0.25) is 0 Å². The minimum absolute atomic E-state index is 0.229. The molecular formula is C14H21N5O2. The topological polar surface area (TPSA) is 82.8 Å². The van der Waals surface area contributed by atoms with Crippen molar-refractivity contribution in [2.45, 2.75) is 32.9 Å². The van der Waals surface area contributed by atoms with E-state index in [0.717, 1.165) is 5.65 Å². The molecule has 0 unspecified atom stereocenters. The van der Waals surface area contributed by atoms with Gasteiger partial charge in [-0.2, -0.15) is 0 Å². The van der Waals surface area contributed by atoms with Crippen LogP contribution >= 0.6 is 0 Å². The second kappa shape index (κ2) is 6.09. The maximum absolute atomic E-state index is 12.1. The van der Waals surface area contributed by atoms with E-state index in [2.05, 4.69) is 15.5 Å². The highest BCUT2D eigenvalue weighted by molar-refractivity contribution is 5.74. The van der Waals surface area contributed by atoms with Gasteiger partial charge in [0.2, 0.25) is 0 Å². The molecule has 0 atom stereocenters. The van der Waals surface area contributed by atoms with Gasteiger partial charge < -0.3 is 15.3 Å². The molecule has 0 aliphatic rings. The molecular weight excluding hydrogens is 270 g/mol. The van der Waals surface area contributed by atoms with Crippen molar-refractivity contribution in [3.63, 3.8) is 0 Å². The van der Waals surface area contributed by atoms with Crippen LogP contribution in [0, 0.1) is 0 Å². The molecule has 2 rings (SSSR count). The van der Waals surface area contributed by atoms with Gasteiger partial charge in [0, 0.05) is 12.7 Å². The average molecular weight is 291 g/mol. The molecule has 2 aromatic rings. The Labute approximate surface area is 123 Å². The predicted octanol–water partition coefficient (Wildman–Crippen LogP) is 1.03. The Hall–Kier alpha value is -2.15. The van der Waals surface area contributed by atoms with Crippen LogP contribution in [0.4, 0.5) is 4.79 Å². The lowest BCUT2D eigenvalue weighted by molar-refractivity contribution is 0.0479. The quantitative estimate of drug-likeness (QED) is 0.862. The second-order valence-electron chi connectivity index (χ2n) is 5.53. The van der Waals surface area contributed by atoms with Gasteiger partial charge in [0.25, 0.3) is 0 Å². The summed E-state index contributed by atoms with van der Waals surface area (Å²) >= 11 is 0. The van der Waals surface area contributed by atoms with E-state index < -0.39 is 5.60 Å². The van der Waals surface area contributed by atoms with E-state index in [-0.39, 0.29) is 19.1 Å². The van der Waals surface area contributed by atoms with Gasteiger partial charge in [-0.25, -0.2) is 4.79 Å². The van der Waals surface area contributed by atoms with E-state index in [1.54, 1.807) is 18.7 Å². The summed E-state index contributed by atoms with van der Waals surface area (Å²) in [7, 11) is 0. The number of aromatic nitrogens is 3. The lowest BCUT2D eigenvalue weighted by Gasteiger charge is -2.28. The van der Waals surface area contributed by atoms with E-state index in [4.69, 9.17) is 0 Å². The largest absolute Gasteiger partial charge is 0.389 e. The van der Waals surface area contributed by atoms with Gasteiger partial charge in [0.05, 0.1) is 18.7 Å². The van der Waals surface area contributed by atoms with Crippen LogP contribution in [0.25, 0.3) is 5.65 Å². The maximum atomic E-state index is 12.1. The molecule has 2 aromatic heterocycles. The third-order valence-electron chi connectivity index (χ3n) is 3.03. The molecule has 0 aromatic carbocycles. The van der Waals surface area contributed by atoms with E-state index in [1.807, 2.05) is 35.7 Å². The van der Waals surface area contributed by atoms with E-state index in [9.17, 15) is 9.90 Å². The summed E-state index contributed by atoms with van der Waals surface area (Å²) in [5, 5.41) is 20.7. The van der Waals surface area contributed by atoms with Crippen molar-refractivity contribution < 1.29 is 9.90 Å². The van der Waals surface area contributed by atoms with Crippen molar-refractivity contribution in [3.8, 4) is 0 Å². The molecule has 0 spiro atoms. The fourth-order valence-electron chi connectivity index (χ4n) is 2.07. The van der Waals surface area contributed by atoms with Crippen LogP contribution in [-0.2, 0) is 6.54 Å². The minimum atomic E-state index is -0.922. The van der Waals surface area contributed by atoms with Crippen LogP contribution in [0.1, 0.15) is 26.6 Å². The fourth-order valence-corrected chi connectivity index (χ4v) is 2.07. The first-order chi connectivity index (χ1) is 9.90. The van der Waals surface area contributed by atoms with Crippen LogP contribution in [0.5, 0.6) is 0 Å². The zero-order valence-corrected chi connectivity index (χ0v) is 12.6.